The molecular formula is C18H16ClF3NP. The molecule has 0 spiro atoms. The minimum atomic E-state index is -4.42. The smallest absolute Gasteiger partial charge is 0.251 e. The first kappa shape index (κ1) is 18.7. The Morgan fingerprint density at radius 2 is 1.88 bits per heavy atom. The van der Waals surface area contributed by atoms with Crippen molar-refractivity contribution in [3.05, 3.63) is 64.7 Å². The van der Waals surface area contributed by atoms with Crippen molar-refractivity contribution < 1.29 is 13.2 Å². The zero-order valence-electron chi connectivity index (χ0n) is 13.0. The molecule has 0 aromatic heterocycles. The Bertz CT molecular complexity index is 740. The molecule has 126 valence electrons. The Balaban J connectivity index is 2.45. The molecule has 0 heterocycles. The summed E-state index contributed by atoms with van der Waals surface area (Å²) in [6, 6.07) is 12.6. The van der Waals surface area contributed by atoms with Gasteiger partial charge in [0.25, 0.3) is 0 Å². The van der Waals surface area contributed by atoms with E-state index in [1.165, 1.54) is 6.07 Å². The van der Waals surface area contributed by atoms with Gasteiger partial charge in [-0.3, -0.25) is 4.99 Å². The second-order valence-corrected chi connectivity index (χ2v) is 6.74. The van der Waals surface area contributed by atoms with Crippen LogP contribution in [0, 0.1) is 0 Å². The van der Waals surface area contributed by atoms with Crippen LogP contribution in [0.4, 0.5) is 18.9 Å². The van der Waals surface area contributed by atoms with Gasteiger partial charge in [0.15, 0.2) is 0 Å². The quantitative estimate of drug-likeness (QED) is 0.414. The lowest BCUT2D eigenvalue weighted by molar-refractivity contribution is -0.137. The average molecular weight is 370 g/mol. The number of alkyl halides is 3. The van der Waals surface area contributed by atoms with E-state index in [0.29, 0.717) is 6.42 Å². The molecule has 6 heteroatoms. The standard InChI is InChI=1S/C18H16ClF3NP/c1-2-24-11-10-16(13-6-4-3-5-7-13)23-17-12-14(18(20,21)22)8-9-15(17)19/h2-9,12H,10-11H2,1H3. The van der Waals surface area contributed by atoms with E-state index in [2.05, 4.69) is 4.99 Å². The van der Waals surface area contributed by atoms with E-state index in [9.17, 15) is 13.2 Å². The molecule has 0 radical (unpaired) electrons. The molecule has 0 aliphatic heterocycles. The number of hydrogen-bond acceptors (Lipinski definition) is 1. The van der Waals surface area contributed by atoms with Gasteiger partial charge in [-0.2, -0.15) is 13.2 Å². The fraction of sp³-hybridized carbons (Fsp3) is 0.222. The summed E-state index contributed by atoms with van der Waals surface area (Å²) in [6.45, 7) is 1.96. The number of hydrogen-bond donors (Lipinski definition) is 0. The third kappa shape index (κ3) is 5.19. The van der Waals surface area contributed by atoms with E-state index in [1.807, 2.05) is 43.1 Å². The highest BCUT2D eigenvalue weighted by Crippen LogP contribution is 2.35. The zero-order valence-corrected chi connectivity index (χ0v) is 14.7. The molecule has 0 amide bonds. The van der Waals surface area contributed by atoms with Gasteiger partial charge in [-0.05, 0) is 43.3 Å². The van der Waals surface area contributed by atoms with Crippen molar-refractivity contribution in [3.63, 3.8) is 0 Å². The van der Waals surface area contributed by atoms with Crippen molar-refractivity contribution in [1.29, 1.82) is 0 Å². The Morgan fingerprint density at radius 3 is 2.50 bits per heavy atom. The summed E-state index contributed by atoms with van der Waals surface area (Å²) in [7, 11) is 1.16. The van der Waals surface area contributed by atoms with Gasteiger partial charge < -0.3 is 0 Å². The van der Waals surface area contributed by atoms with Crippen LogP contribution in [0.25, 0.3) is 0 Å². The van der Waals surface area contributed by atoms with Crippen molar-refractivity contribution in [2.75, 3.05) is 6.16 Å². The predicted octanol–water partition coefficient (Wildman–Crippen LogP) is 6.64. The molecule has 2 aromatic rings. The van der Waals surface area contributed by atoms with Gasteiger partial charge in [-0.1, -0.05) is 47.7 Å². The van der Waals surface area contributed by atoms with Gasteiger partial charge in [0, 0.05) is 5.71 Å². The fourth-order valence-electron chi connectivity index (χ4n) is 2.11. The Labute approximate surface area is 146 Å². The normalized spacial score (nSPS) is 12.8. The van der Waals surface area contributed by atoms with Crippen LogP contribution in [-0.4, -0.2) is 17.7 Å². The number of halogens is 4. The SMILES string of the molecule is CC=PCCC(=Nc1cc(C(F)(F)F)ccc1Cl)c1ccccc1. The Hall–Kier alpha value is -1.64. The Kier molecular flexibility index (Phi) is 6.59. The van der Waals surface area contributed by atoms with E-state index >= 15 is 0 Å². The highest BCUT2D eigenvalue weighted by Gasteiger charge is 2.31. The number of rotatable bonds is 5. The van der Waals surface area contributed by atoms with E-state index in [1.54, 1.807) is 0 Å². The minimum absolute atomic E-state index is 0.141. The number of benzene rings is 2. The summed E-state index contributed by atoms with van der Waals surface area (Å²) in [5.41, 5.74) is 1.00. The third-order valence-corrected chi connectivity index (χ3v) is 4.46. The molecule has 0 aliphatic rings. The van der Waals surface area contributed by atoms with Crippen LogP contribution in [0.3, 0.4) is 0 Å². The maximum Gasteiger partial charge on any atom is 0.416 e. The summed E-state index contributed by atoms with van der Waals surface area (Å²) in [5, 5.41) is 0.205. The first-order valence-electron chi connectivity index (χ1n) is 7.36. The number of aliphatic imine (C=N–C) groups is 1. The van der Waals surface area contributed by atoms with Gasteiger partial charge in [0.05, 0.1) is 16.3 Å². The second kappa shape index (κ2) is 8.46. The van der Waals surface area contributed by atoms with Gasteiger partial charge in [-0.25, -0.2) is 0 Å². The van der Waals surface area contributed by atoms with E-state index in [-0.39, 0.29) is 10.7 Å². The van der Waals surface area contributed by atoms with Crippen LogP contribution < -0.4 is 0 Å². The summed E-state index contributed by atoms with van der Waals surface area (Å²) >= 11 is 6.06. The van der Waals surface area contributed by atoms with Crippen LogP contribution in [0.2, 0.25) is 5.02 Å². The van der Waals surface area contributed by atoms with E-state index < -0.39 is 11.7 Å². The third-order valence-electron chi connectivity index (χ3n) is 3.30. The van der Waals surface area contributed by atoms with E-state index in [4.69, 9.17) is 11.6 Å². The monoisotopic (exact) mass is 369 g/mol. The first-order chi connectivity index (χ1) is 11.4. The molecular weight excluding hydrogens is 354 g/mol. The summed E-state index contributed by atoms with van der Waals surface area (Å²) in [5.74, 6) is 2.03. The van der Waals surface area contributed by atoms with Crippen molar-refractivity contribution in [2.45, 2.75) is 19.5 Å². The molecule has 0 N–H and O–H groups in total. The van der Waals surface area contributed by atoms with Gasteiger partial charge in [-0.15, -0.1) is 8.20 Å². The Morgan fingerprint density at radius 1 is 1.17 bits per heavy atom. The van der Waals surface area contributed by atoms with Crippen LogP contribution in [-0.2, 0) is 6.18 Å². The largest absolute Gasteiger partial charge is 0.416 e. The molecule has 2 rings (SSSR count). The zero-order chi connectivity index (χ0) is 17.6. The van der Waals surface area contributed by atoms with Crippen molar-refractivity contribution >= 4 is 37.0 Å². The molecule has 1 nitrogen and oxygen atoms in total. The molecule has 0 saturated heterocycles. The molecule has 24 heavy (non-hydrogen) atoms. The number of nitrogens with zero attached hydrogens (tertiary/aromatic N) is 1. The van der Waals surface area contributed by atoms with Gasteiger partial charge in [0.1, 0.15) is 0 Å². The highest BCUT2D eigenvalue weighted by molar-refractivity contribution is 7.38. The molecule has 0 aliphatic carbocycles. The molecule has 0 atom stereocenters. The maximum atomic E-state index is 12.9. The lowest BCUT2D eigenvalue weighted by atomic mass is 10.1. The van der Waals surface area contributed by atoms with Crippen LogP contribution in [0.15, 0.2) is 53.5 Å². The minimum Gasteiger partial charge on any atom is -0.251 e. The fourth-order valence-corrected chi connectivity index (χ4v) is 2.87. The lowest BCUT2D eigenvalue weighted by Crippen LogP contribution is -2.05. The maximum absolute atomic E-state index is 12.9. The molecule has 0 saturated carbocycles. The van der Waals surface area contributed by atoms with Crippen molar-refractivity contribution in [3.8, 4) is 0 Å². The van der Waals surface area contributed by atoms with Crippen LogP contribution in [0.5, 0.6) is 0 Å². The molecule has 0 fully saturated rings. The van der Waals surface area contributed by atoms with Crippen LogP contribution >= 0.6 is 19.8 Å². The summed E-state index contributed by atoms with van der Waals surface area (Å²) in [4.78, 5) is 4.44. The van der Waals surface area contributed by atoms with Crippen LogP contribution in [0.1, 0.15) is 24.5 Å². The second-order valence-electron chi connectivity index (χ2n) is 5.00. The first-order valence-corrected chi connectivity index (χ1v) is 8.88. The molecule has 0 unspecified atom stereocenters. The summed E-state index contributed by atoms with van der Waals surface area (Å²) < 4.78 is 38.7. The predicted molar refractivity (Wildman–Crippen MR) is 97.2 cm³/mol. The topological polar surface area (TPSA) is 12.4 Å². The average Bonchev–Trinajstić information content (AvgIpc) is 2.55. The van der Waals surface area contributed by atoms with Crippen molar-refractivity contribution in [2.24, 2.45) is 4.99 Å². The van der Waals surface area contributed by atoms with Gasteiger partial charge in [0.2, 0.25) is 0 Å². The summed E-state index contributed by atoms with van der Waals surface area (Å²) in [6.07, 6.45) is -2.92. The van der Waals surface area contributed by atoms with Crippen molar-refractivity contribution in [1.82, 2.24) is 0 Å². The molecule has 2 aromatic carbocycles. The highest BCUT2D eigenvalue weighted by atomic mass is 35.5. The lowest BCUT2D eigenvalue weighted by Gasteiger charge is -2.10. The van der Waals surface area contributed by atoms with Gasteiger partial charge >= 0.3 is 6.18 Å². The van der Waals surface area contributed by atoms with E-state index in [0.717, 1.165) is 37.8 Å². The molecule has 0 bridgehead atoms.